The fourth-order valence-electron chi connectivity index (χ4n) is 3.27. The minimum atomic E-state index is -0.759. The van der Waals surface area contributed by atoms with Gasteiger partial charge in [0.1, 0.15) is 5.70 Å². The zero-order valence-electron chi connectivity index (χ0n) is 20.3. The summed E-state index contributed by atoms with van der Waals surface area (Å²) in [5.41, 5.74) is 3.58. The Labute approximate surface area is 212 Å². The Bertz CT molecular complexity index is 1350. The van der Waals surface area contributed by atoms with Crippen LogP contribution in [0.3, 0.4) is 0 Å². The fourth-order valence-corrected chi connectivity index (χ4v) is 3.27. The van der Waals surface area contributed by atoms with Gasteiger partial charge in [0.05, 0.1) is 23.8 Å². The number of phenolic OH excluding ortho intramolecular Hbond substituents is 1. The third-order valence-corrected chi connectivity index (χ3v) is 5.15. The molecule has 2 amide bonds. The number of methoxy groups -OCH3 is 1. The van der Waals surface area contributed by atoms with Gasteiger partial charge in [0.2, 0.25) is 5.75 Å². The average Bonchev–Trinajstić information content (AvgIpc) is 2.89. The highest BCUT2D eigenvalue weighted by Crippen LogP contribution is 2.37. The number of benzene rings is 3. The molecule has 0 unspecified atom stereocenters. The van der Waals surface area contributed by atoms with Crippen molar-refractivity contribution in [1.29, 1.82) is 0 Å². The van der Waals surface area contributed by atoms with Crippen LogP contribution in [0.5, 0.6) is 11.5 Å². The lowest BCUT2D eigenvalue weighted by Crippen LogP contribution is -2.32. The highest BCUT2D eigenvalue weighted by atomic mass is 16.6. The molecule has 190 valence electrons. The zero-order chi connectivity index (χ0) is 26.9. The van der Waals surface area contributed by atoms with Crippen molar-refractivity contribution < 1.29 is 24.4 Å². The molecule has 3 rings (SSSR count). The van der Waals surface area contributed by atoms with Crippen molar-refractivity contribution in [3.8, 4) is 11.5 Å². The molecule has 0 radical (unpaired) electrons. The topological polar surface area (TPSA) is 146 Å². The molecule has 0 saturated carbocycles. The molecule has 3 aromatic carbocycles. The maximum Gasteiger partial charge on any atom is 0.323 e. The van der Waals surface area contributed by atoms with Crippen molar-refractivity contribution in [2.75, 3.05) is 26.1 Å². The van der Waals surface area contributed by atoms with E-state index in [1.54, 1.807) is 42.5 Å². The van der Waals surface area contributed by atoms with Crippen molar-refractivity contribution in [3.63, 3.8) is 0 Å². The summed E-state index contributed by atoms with van der Waals surface area (Å²) in [6, 6.07) is 18.1. The first-order valence-corrected chi connectivity index (χ1v) is 10.9. The molecular weight excluding hydrogens is 478 g/mol. The SMILES string of the molecule is COc1c(O)ccc(/C=N/NC(=O)C(=Cc2ccc(N(C)C)cc2)NC(=O)c2ccccc2)c1[N+](=O)[O-]. The minimum absolute atomic E-state index is 0.0157. The summed E-state index contributed by atoms with van der Waals surface area (Å²) in [4.78, 5) is 38.4. The summed E-state index contributed by atoms with van der Waals surface area (Å²) in [6.45, 7) is 0. The number of hydrogen-bond donors (Lipinski definition) is 3. The first-order chi connectivity index (χ1) is 17.7. The number of rotatable bonds is 9. The van der Waals surface area contributed by atoms with Gasteiger partial charge in [0.25, 0.3) is 11.8 Å². The van der Waals surface area contributed by atoms with E-state index >= 15 is 0 Å². The molecule has 0 bridgehead atoms. The lowest BCUT2D eigenvalue weighted by Gasteiger charge is -2.12. The molecular formula is C26H25N5O6. The lowest BCUT2D eigenvalue weighted by molar-refractivity contribution is -0.386. The summed E-state index contributed by atoms with van der Waals surface area (Å²) in [7, 11) is 4.98. The smallest absolute Gasteiger partial charge is 0.323 e. The summed E-state index contributed by atoms with van der Waals surface area (Å²) >= 11 is 0. The van der Waals surface area contributed by atoms with E-state index in [4.69, 9.17) is 4.74 Å². The highest BCUT2D eigenvalue weighted by molar-refractivity contribution is 6.05. The van der Waals surface area contributed by atoms with E-state index in [0.717, 1.165) is 11.9 Å². The number of hydrogen-bond acceptors (Lipinski definition) is 8. The molecule has 3 aromatic rings. The standard InChI is InChI=1S/C26H25N5O6/c1-30(2)20-12-9-17(10-13-20)15-21(28-25(33)18-7-5-4-6-8-18)26(34)29-27-16-19-11-14-22(32)24(37-3)23(19)31(35)36/h4-16,32H,1-3H3,(H,28,33)(H,29,34)/b21-15?,27-16+. The number of carbonyl (C=O) groups is 2. The normalized spacial score (nSPS) is 11.2. The molecule has 0 heterocycles. The van der Waals surface area contributed by atoms with Gasteiger partial charge in [-0.2, -0.15) is 5.10 Å². The summed E-state index contributed by atoms with van der Waals surface area (Å²) in [5, 5.41) is 27.7. The Kier molecular flexibility index (Phi) is 8.55. The second-order valence-corrected chi connectivity index (χ2v) is 7.88. The van der Waals surface area contributed by atoms with Gasteiger partial charge in [-0.25, -0.2) is 5.43 Å². The second-order valence-electron chi connectivity index (χ2n) is 7.88. The number of hydrazone groups is 1. The summed E-state index contributed by atoms with van der Waals surface area (Å²) < 4.78 is 4.92. The average molecular weight is 504 g/mol. The molecule has 11 nitrogen and oxygen atoms in total. The van der Waals surface area contributed by atoms with Crippen LogP contribution >= 0.6 is 0 Å². The number of nitro groups is 1. The van der Waals surface area contributed by atoms with Gasteiger partial charge in [0, 0.05) is 25.3 Å². The maximum atomic E-state index is 13.0. The van der Waals surface area contributed by atoms with E-state index in [1.165, 1.54) is 25.3 Å². The number of aromatic hydroxyl groups is 1. The molecule has 0 fully saturated rings. The van der Waals surface area contributed by atoms with Crippen LogP contribution in [-0.4, -0.2) is 49.3 Å². The van der Waals surface area contributed by atoms with Crippen LogP contribution < -0.4 is 20.4 Å². The monoisotopic (exact) mass is 503 g/mol. The van der Waals surface area contributed by atoms with Crippen LogP contribution in [-0.2, 0) is 4.79 Å². The van der Waals surface area contributed by atoms with Gasteiger partial charge in [-0.3, -0.25) is 19.7 Å². The van der Waals surface area contributed by atoms with E-state index in [9.17, 15) is 24.8 Å². The van der Waals surface area contributed by atoms with Crippen molar-refractivity contribution in [2.24, 2.45) is 5.10 Å². The summed E-state index contributed by atoms with van der Waals surface area (Å²) in [6.07, 6.45) is 2.53. The Morgan fingerprint density at radius 1 is 1.05 bits per heavy atom. The Balaban J connectivity index is 1.88. The summed E-state index contributed by atoms with van der Waals surface area (Å²) in [5.74, 6) is -2.01. The molecule has 0 spiro atoms. The number of carbonyl (C=O) groups excluding carboxylic acids is 2. The first kappa shape index (κ1) is 26.4. The van der Waals surface area contributed by atoms with Gasteiger partial charge < -0.3 is 20.1 Å². The number of nitro benzene ring substituents is 1. The quantitative estimate of drug-likeness (QED) is 0.176. The molecule has 11 heteroatoms. The van der Waals surface area contributed by atoms with Gasteiger partial charge in [-0.15, -0.1) is 0 Å². The van der Waals surface area contributed by atoms with Crippen LogP contribution in [0.1, 0.15) is 21.5 Å². The Morgan fingerprint density at radius 2 is 1.73 bits per heavy atom. The number of anilines is 1. The fraction of sp³-hybridized carbons (Fsp3) is 0.115. The molecule has 0 atom stereocenters. The highest BCUT2D eigenvalue weighted by Gasteiger charge is 2.23. The largest absolute Gasteiger partial charge is 0.504 e. The van der Waals surface area contributed by atoms with Crippen molar-refractivity contribution in [1.82, 2.24) is 10.7 Å². The lowest BCUT2D eigenvalue weighted by atomic mass is 10.1. The van der Waals surface area contributed by atoms with Crippen LogP contribution in [0.4, 0.5) is 11.4 Å². The molecule has 0 aliphatic rings. The number of phenols is 1. The second kappa shape index (κ2) is 12.0. The Morgan fingerprint density at radius 3 is 2.32 bits per heavy atom. The Hall–Kier alpha value is -5.19. The number of nitrogens with zero attached hydrogens (tertiary/aromatic N) is 3. The molecule has 37 heavy (non-hydrogen) atoms. The zero-order valence-corrected chi connectivity index (χ0v) is 20.3. The van der Waals surface area contributed by atoms with E-state index in [2.05, 4.69) is 15.8 Å². The number of amides is 2. The van der Waals surface area contributed by atoms with Crippen molar-refractivity contribution >= 4 is 35.5 Å². The van der Waals surface area contributed by atoms with Gasteiger partial charge in [0.15, 0.2) is 5.75 Å². The predicted octanol–water partition coefficient (Wildman–Crippen LogP) is 3.30. The van der Waals surface area contributed by atoms with Gasteiger partial charge in [-0.05, 0) is 48.0 Å². The van der Waals surface area contributed by atoms with E-state index in [-0.39, 0.29) is 17.0 Å². The molecule has 0 aliphatic carbocycles. The van der Waals surface area contributed by atoms with E-state index in [1.807, 2.05) is 31.1 Å². The number of ether oxygens (including phenoxy) is 1. The van der Waals surface area contributed by atoms with Crippen LogP contribution in [0, 0.1) is 10.1 Å². The molecule has 3 N–H and O–H groups in total. The minimum Gasteiger partial charge on any atom is -0.504 e. The van der Waals surface area contributed by atoms with Crippen molar-refractivity contribution in [2.45, 2.75) is 0 Å². The van der Waals surface area contributed by atoms with Gasteiger partial charge >= 0.3 is 5.69 Å². The molecule has 0 aliphatic heterocycles. The van der Waals surface area contributed by atoms with E-state index < -0.39 is 28.2 Å². The number of nitrogens with one attached hydrogen (secondary N) is 2. The maximum absolute atomic E-state index is 13.0. The predicted molar refractivity (Wildman–Crippen MR) is 140 cm³/mol. The molecule has 0 saturated heterocycles. The third-order valence-electron chi connectivity index (χ3n) is 5.15. The van der Waals surface area contributed by atoms with E-state index in [0.29, 0.717) is 11.1 Å². The van der Waals surface area contributed by atoms with Gasteiger partial charge in [-0.1, -0.05) is 30.3 Å². The van der Waals surface area contributed by atoms with Crippen LogP contribution in [0.15, 0.2) is 77.5 Å². The van der Waals surface area contributed by atoms with Crippen molar-refractivity contribution in [3.05, 3.63) is 99.2 Å². The van der Waals surface area contributed by atoms with Crippen LogP contribution in [0.25, 0.3) is 6.08 Å². The van der Waals surface area contributed by atoms with Crippen LogP contribution in [0.2, 0.25) is 0 Å². The molecule has 0 aromatic heterocycles. The first-order valence-electron chi connectivity index (χ1n) is 10.9. The third kappa shape index (κ3) is 6.69.